The van der Waals surface area contributed by atoms with Crippen LogP contribution in [0, 0.1) is 0 Å². The van der Waals surface area contributed by atoms with Crippen molar-refractivity contribution in [3.8, 4) is 11.1 Å². The third-order valence-corrected chi connectivity index (χ3v) is 12.1. The Morgan fingerprint density at radius 1 is 0.423 bits per heavy atom. The Hall–Kier alpha value is -6.42. The third-order valence-electron chi connectivity index (χ3n) is 10.9. The van der Waals surface area contributed by atoms with E-state index >= 15 is 0 Å². The van der Waals surface area contributed by atoms with Crippen LogP contribution in [0.3, 0.4) is 0 Å². The average molecular weight is 682 g/mol. The monoisotopic (exact) mass is 681 g/mol. The maximum absolute atomic E-state index is 7.12. The van der Waals surface area contributed by atoms with Crippen LogP contribution in [0.5, 0.6) is 0 Å². The van der Waals surface area contributed by atoms with E-state index in [0.29, 0.717) is 0 Å². The Kier molecular flexibility index (Phi) is 6.37. The number of nitrogens with zero attached hydrogens (tertiary/aromatic N) is 1. The Morgan fingerprint density at radius 2 is 1.02 bits per heavy atom. The SMILES string of the molecule is c1ccc(N(c2cccc3c2-c2ccccc2C3(c2ccccc2)c2ccccc2)c2cccc3c2oc2c3ccc3sc4ccccc4c32)cc1. The van der Waals surface area contributed by atoms with Crippen LogP contribution in [0.15, 0.2) is 192 Å². The van der Waals surface area contributed by atoms with Crippen molar-refractivity contribution in [1.82, 2.24) is 0 Å². The van der Waals surface area contributed by atoms with Gasteiger partial charge in [-0.2, -0.15) is 0 Å². The van der Waals surface area contributed by atoms with Crippen LogP contribution in [0.2, 0.25) is 0 Å². The smallest absolute Gasteiger partial charge is 0.159 e. The van der Waals surface area contributed by atoms with Crippen molar-refractivity contribution >= 4 is 70.5 Å². The van der Waals surface area contributed by atoms with Crippen molar-refractivity contribution in [3.05, 3.63) is 210 Å². The first-order valence-corrected chi connectivity index (χ1v) is 18.6. The lowest BCUT2D eigenvalue weighted by Crippen LogP contribution is -2.28. The number of fused-ring (bicyclic) bond motifs is 10. The first-order chi connectivity index (χ1) is 25.8. The fraction of sp³-hybridized carbons (Fsp3) is 0.0204. The van der Waals surface area contributed by atoms with E-state index in [0.717, 1.165) is 39.0 Å². The van der Waals surface area contributed by atoms with Crippen LogP contribution >= 0.6 is 11.3 Å². The molecule has 0 radical (unpaired) electrons. The number of rotatable bonds is 5. The fourth-order valence-electron chi connectivity index (χ4n) is 8.87. The zero-order valence-corrected chi connectivity index (χ0v) is 29.0. The van der Waals surface area contributed by atoms with E-state index in [9.17, 15) is 0 Å². The molecule has 2 heterocycles. The predicted octanol–water partition coefficient (Wildman–Crippen LogP) is 13.8. The Morgan fingerprint density at radius 3 is 1.81 bits per heavy atom. The van der Waals surface area contributed by atoms with Crippen LogP contribution in [0.1, 0.15) is 22.3 Å². The minimum atomic E-state index is -0.496. The van der Waals surface area contributed by atoms with Crippen LogP contribution in [-0.4, -0.2) is 0 Å². The summed E-state index contributed by atoms with van der Waals surface area (Å²) in [4.78, 5) is 2.41. The second kappa shape index (κ2) is 11.3. The van der Waals surface area contributed by atoms with E-state index in [4.69, 9.17) is 4.42 Å². The highest BCUT2D eigenvalue weighted by Gasteiger charge is 2.47. The van der Waals surface area contributed by atoms with Crippen molar-refractivity contribution in [2.45, 2.75) is 5.41 Å². The molecule has 2 nitrogen and oxygen atoms in total. The molecule has 2 aromatic heterocycles. The maximum Gasteiger partial charge on any atom is 0.159 e. The summed E-state index contributed by atoms with van der Waals surface area (Å²) in [5.74, 6) is 0. The molecular weight excluding hydrogens is 651 g/mol. The zero-order chi connectivity index (χ0) is 34.2. The predicted molar refractivity (Wildman–Crippen MR) is 219 cm³/mol. The standard InChI is InChI=1S/C49H31NOS/c1-4-16-32(17-5-1)49(33-18-6-2-7-19-33)39-25-12-10-22-37(39)45-40(49)26-15-27-41(45)50(34-20-8-3-9-21-34)42-28-14-24-35-36-30-31-44-46(48(36)51-47(35)42)38-23-11-13-29-43(38)52-44/h1-31H. The second-order valence-electron chi connectivity index (χ2n) is 13.6. The molecule has 1 aliphatic carbocycles. The van der Waals surface area contributed by atoms with Crippen LogP contribution in [0.4, 0.5) is 17.1 Å². The summed E-state index contributed by atoms with van der Waals surface area (Å²) >= 11 is 1.82. The van der Waals surface area contributed by atoms with E-state index in [1.807, 2.05) is 11.3 Å². The van der Waals surface area contributed by atoms with Gasteiger partial charge in [0.15, 0.2) is 5.58 Å². The lowest BCUT2D eigenvalue weighted by Gasteiger charge is -2.34. The summed E-state index contributed by atoms with van der Waals surface area (Å²) < 4.78 is 9.63. The number of benzene rings is 8. The molecule has 0 amide bonds. The first-order valence-electron chi connectivity index (χ1n) is 17.8. The number of hydrogen-bond acceptors (Lipinski definition) is 3. The third kappa shape index (κ3) is 4.00. The van der Waals surface area contributed by atoms with Gasteiger partial charge in [-0.25, -0.2) is 0 Å². The van der Waals surface area contributed by atoms with Crippen LogP contribution in [0.25, 0.3) is 53.2 Å². The van der Waals surface area contributed by atoms with E-state index in [-0.39, 0.29) is 0 Å². The van der Waals surface area contributed by atoms with Gasteiger partial charge in [-0.1, -0.05) is 146 Å². The van der Waals surface area contributed by atoms with Gasteiger partial charge in [0.25, 0.3) is 0 Å². The van der Waals surface area contributed by atoms with Gasteiger partial charge in [0.2, 0.25) is 0 Å². The Bertz CT molecular complexity index is 2920. The van der Waals surface area contributed by atoms with E-state index in [1.54, 1.807) is 0 Å². The molecule has 11 rings (SSSR count). The largest absolute Gasteiger partial charge is 0.453 e. The molecule has 0 saturated heterocycles. The van der Waals surface area contributed by atoms with Crippen molar-refractivity contribution in [2.75, 3.05) is 4.90 Å². The van der Waals surface area contributed by atoms with Gasteiger partial charge in [0.1, 0.15) is 5.58 Å². The average Bonchev–Trinajstić information content (AvgIpc) is 3.88. The quantitative estimate of drug-likeness (QED) is 0.180. The van der Waals surface area contributed by atoms with E-state index in [2.05, 4.69) is 193 Å². The fourth-order valence-corrected chi connectivity index (χ4v) is 9.98. The van der Waals surface area contributed by atoms with Gasteiger partial charge >= 0.3 is 0 Å². The highest BCUT2D eigenvalue weighted by atomic mass is 32.1. The molecule has 0 spiro atoms. The van der Waals surface area contributed by atoms with Gasteiger partial charge in [-0.15, -0.1) is 11.3 Å². The number of hydrogen-bond donors (Lipinski definition) is 0. The molecule has 0 saturated carbocycles. The molecule has 0 bridgehead atoms. The summed E-state index contributed by atoms with van der Waals surface area (Å²) in [7, 11) is 0. The summed E-state index contributed by atoms with van der Waals surface area (Å²) in [6.07, 6.45) is 0. The van der Waals surface area contributed by atoms with Crippen LogP contribution < -0.4 is 4.90 Å². The molecule has 0 atom stereocenters. The number of para-hydroxylation sites is 2. The molecule has 244 valence electrons. The van der Waals surface area contributed by atoms with E-state index in [1.165, 1.54) is 53.6 Å². The normalized spacial score (nSPS) is 13.2. The van der Waals surface area contributed by atoms with Gasteiger partial charge in [0.05, 0.1) is 16.8 Å². The summed E-state index contributed by atoms with van der Waals surface area (Å²) in [6.45, 7) is 0. The lowest BCUT2D eigenvalue weighted by atomic mass is 9.68. The zero-order valence-electron chi connectivity index (χ0n) is 28.2. The molecule has 1 aliphatic rings. The molecule has 52 heavy (non-hydrogen) atoms. The highest BCUT2D eigenvalue weighted by Crippen LogP contribution is 2.60. The van der Waals surface area contributed by atoms with Crippen molar-refractivity contribution in [2.24, 2.45) is 0 Å². The minimum absolute atomic E-state index is 0.496. The number of thiophene rings is 1. The minimum Gasteiger partial charge on any atom is -0.453 e. The van der Waals surface area contributed by atoms with E-state index < -0.39 is 5.41 Å². The van der Waals surface area contributed by atoms with Crippen molar-refractivity contribution in [1.29, 1.82) is 0 Å². The molecule has 0 unspecified atom stereocenters. The molecule has 8 aromatic carbocycles. The molecular formula is C49H31NOS. The highest BCUT2D eigenvalue weighted by molar-refractivity contribution is 7.26. The summed E-state index contributed by atoms with van der Waals surface area (Å²) in [5, 5.41) is 4.68. The van der Waals surface area contributed by atoms with Crippen molar-refractivity contribution in [3.63, 3.8) is 0 Å². The van der Waals surface area contributed by atoms with Crippen molar-refractivity contribution < 1.29 is 4.42 Å². The lowest BCUT2D eigenvalue weighted by molar-refractivity contribution is 0.673. The molecule has 0 fully saturated rings. The van der Waals surface area contributed by atoms with Gasteiger partial charge in [-0.3, -0.25) is 0 Å². The molecule has 0 N–H and O–H groups in total. The first kappa shape index (κ1) is 29.3. The molecule has 3 heteroatoms. The Labute approximate surface area is 305 Å². The maximum atomic E-state index is 7.12. The van der Waals surface area contributed by atoms with Gasteiger partial charge in [-0.05, 0) is 70.3 Å². The number of furan rings is 1. The summed E-state index contributed by atoms with van der Waals surface area (Å²) in [6, 6.07) is 68.3. The van der Waals surface area contributed by atoms with Crippen LogP contribution in [-0.2, 0) is 5.41 Å². The summed E-state index contributed by atoms with van der Waals surface area (Å²) in [5.41, 5.74) is 12.1. The number of anilines is 3. The van der Waals surface area contributed by atoms with Gasteiger partial charge in [0, 0.05) is 42.2 Å². The van der Waals surface area contributed by atoms with Gasteiger partial charge < -0.3 is 9.32 Å². The molecule has 10 aromatic rings. The topological polar surface area (TPSA) is 16.4 Å². The second-order valence-corrected chi connectivity index (χ2v) is 14.7. The Balaban J connectivity index is 1.24. The molecule has 0 aliphatic heterocycles.